The number of nitrogens with zero attached hydrogens (tertiary/aromatic N) is 2. The van der Waals surface area contributed by atoms with E-state index in [4.69, 9.17) is 0 Å². The van der Waals surface area contributed by atoms with Crippen molar-refractivity contribution in [2.45, 2.75) is 6.92 Å². The average molecular weight is 308 g/mol. The summed E-state index contributed by atoms with van der Waals surface area (Å²) >= 11 is 0. The molecule has 23 heavy (non-hydrogen) atoms. The van der Waals surface area contributed by atoms with Gasteiger partial charge in [0, 0.05) is 11.8 Å². The largest absolute Gasteiger partial charge is 0.508 e. The monoisotopic (exact) mass is 308 g/mol. The maximum Gasteiger partial charge on any atom is 0.324 e. The van der Waals surface area contributed by atoms with Gasteiger partial charge in [-0.25, -0.2) is 9.48 Å². The van der Waals surface area contributed by atoms with Gasteiger partial charge in [0.1, 0.15) is 11.6 Å². The third kappa shape index (κ3) is 3.49. The number of urea groups is 1. The Morgan fingerprint density at radius 2 is 1.74 bits per heavy atom. The fraction of sp³-hybridized carbons (Fsp3) is 0.0588. The van der Waals surface area contributed by atoms with Gasteiger partial charge < -0.3 is 10.4 Å². The molecule has 3 N–H and O–H groups in total. The molecule has 2 aromatic carbocycles. The van der Waals surface area contributed by atoms with E-state index in [2.05, 4.69) is 15.7 Å². The minimum Gasteiger partial charge on any atom is -0.508 e. The maximum atomic E-state index is 12.1. The van der Waals surface area contributed by atoms with Crippen LogP contribution in [0.5, 0.6) is 5.75 Å². The number of carbonyl (C=O) groups is 1. The first-order valence-corrected chi connectivity index (χ1v) is 7.11. The second-order valence-electron chi connectivity index (χ2n) is 5.04. The number of anilines is 2. The zero-order valence-corrected chi connectivity index (χ0v) is 12.5. The van der Waals surface area contributed by atoms with Crippen molar-refractivity contribution in [3.05, 3.63) is 66.4 Å². The Kier molecular flexibility index (Phi) is 3.97. The molecule has 0 saturated heterocycles. The second-order valence-corrected chi connectivity index (χ2v) is 5.04. The topological polar surface area (TPSA) is 79.2 Å². The molecule has 0 atom stereocenters. The van der Waals surface area contributed by atoms with Crippen molar-refractivity contribution >= 4 is 17.5 Å². The Bertz CT molecular complexity index is 810. The van der Waals surface area contributed by atoms with Crippen LogP contribution in [-0.2, 0) is 0 Å². The summed E-state index contributed by atoms with van der Waals surface area (Å²) in [5, 5.41) is 19.1. The lowest BCUT2D eigenvalue weighted by molar-refractivity contribution is 0.262. The van der Waals surface area contributed by atoms with Crippen LogP contribution in [0.3, 0.4) is 0 Å². The quantitative estimate of drug-likeness (QED) is 0.648. The number of para-hydroxylation sites is 1. The molecule has 0 spiro atoms. The Morgan fingerprint density at radius 1 is 1.04 bits per heavy atom. The molecule has 0 aliphatic rings. The molecule has 116 valence electrons. The number of hydrogen-bond acceptors (Lipinski definition) is 3. The van der Waals surface area contributed by atoms with Crippen LogP contribution in [0.15, 0.2) is 60.7 Å². The van der Waals surface area contributed by atoms with E-state index in [1.54, 1.807) is 22.9 Å². The summed E-state index contributed by atoms with van der Waals surface area (Å²) < 4.78 is 1.67. The molecule has 3 aromatic rings. The Hall–Kier alpha value is -3.28. The Balaban J connectivity index is 1.77. The fourth-order valence-electron chi connectivity index (χ4n) is 2.18. The van der Waals surface area contributed by atoms with Crippen LogP contribution in [-0.4, -0.2) is 20.9 Å². The molecule has 0 radical (unpaired) electrons. The number of benzene rings is 2. The van der Waals surface area contributed by atoms with Gasteiger partial charge in [0.15, 0.2) is 0 Å². The van der Waals surface area contributed by atoms with E-state index in [1.165, 1.54) is 12.1 Å². The number of nitrogens with one attached hydrogen (secondary N) is 2. The van der Waals surface area contributed by atoms with Crippen molar-refractivity contribution in [3.63, 3.8) is 0 Å². The Labute approximate surface area is 133 Å². The molecular weight excluding hydrogens is 292 g/mol. The molecular formula is C17H16N4O2. The SMILES string of the molecule is Cc1cc(NC(=O)Nc2ccc(O)cc2)n(-c2ccccc2)n1. The molecule has 6 heteroatoms. The maximum absolute atomic E-state index is 12.1. The van der Waals surface area contributed by atoms with Gasteiger partial charge in [-0.2, -0.15) is 5.10 Å². The highest BCUT2D eigenvalue weighted by atomic mass is 16.3. The van der Waals surface area contributed by atoms with Gasteiger partial charge in [-0.1, -0.05) is 18.2 Å². The third-order valence-corrected chi connectivity index (χ3v) is 3.20. The summed E-state index contributed by atoms with van der Waals surface area (Å²) in [6.45, 7) is 1.86. The van der Waals surface area contributed by atoms with Gasteiger partial charge >= 0.3 is 6.03 Å². The van der Waals surface area contributed by atoms with Crippen LogP contribution >= 0.6 is 0 Å². The molecule has 3 rings (SSSR count). The van der Waals surface area contributed by atoms with Gasteiger partial charge in [0.2, 0.25) is 0 Å². The molecule has 0 aliphatic heterocycles. The van der Waals surface area contributed by atoms with Gasteiger partial charge in [0.05, 0.1) is 11.4 Å². The summed E-state index contributed by atoms with van der Waals surface area (Å²) in [7, 11) is 0. The van der Waals surface area contributed by atoms with E-state index in [0.717, 1.165) is 11.4 Å². The molecule has 1 aromatic heterocycles. The van der Waals surface area contributed by atoms with Crippen LogP contribution in [0.1, 0.15) is 5.69 Å². The minimum atomic E-state index is -0.382. The standard InChI is InChI=1S/C17H16N4O2/c1-12-11-16(21(20-12)14-5-3-2-4-6-14)19-17(23)18-13-7-9-15(22)10-8-13/h2-11,22H,1H3,(H2,18,19,23). The summed E-state index contributed by atoms with van der Waals surface area (Å²) in [6, 6.07) is 17.2. The van der Waals surface area contributed by atoms with Crippen LogP contribution in [0, 0.1) is 6.92 Å². The summed E-state index contributed by atoms with van der Waals surface area (Å²) in [5.74, 6) is 0.721. The van der Waals surface area contributed by atoms with E-state index in [1.807, 2.05) is 37.3 Å². The molecule has 0 aliphatic carbocycles. The first-order valence-electron chi connectivity index (χ1n) is 7.11. The van der Waals surface area contributed by atoms with Crippen molar-refractivity contribution in [1.82, 2.24) is 9.78 Å². The van der Waals surface area contributed by atoms with Crippen molar-refractivity contribution in [2.75, 3.05) is 10.6 Å². The number of amides is 2. The molecule has 1 heterocycles. The van der Waals surface area contributed by atoms with Crippen molar-refractivity contribution < 1.29 is 9.90 Å². The molecule has 6 nitrogen and oxygen atoms in total. The number of aromatic hydroxyl groups is 1. The number of aryl methyl sites for hydroxylation is 1. The number of carbonyl (C=O) groups excluding carboxylic acids is 1. The second kappa shape index (κ2) is 6.23. The predicted octanol–water partition coefficient (Wildman–Crippen LogP) is 3.53. The van der Waals surface area contributed by atoms with E-state index in [9.17, 15) is 9.90 Å². The summed E-state index contributed by atoms with van der Waals surface area (Å²) in [6.07, 6.45) is 0. The van der Waals surface area contributed by atoms with E-state index in [-0.39, 0.29) is 11.8 Å². The lowest BCUT2D eigenvalue weighted by atomic mass is 10.3. The van der Waals surface area contributed by atoms with Gasteiger partial charge in [-0.3, -0.25) is 5.32 Å². The van der Waals surface area contributed by atoms with Gasteiger partial charge in [-0.05, 0) is 43.3 Å². The zero-order valence-electron chi connectivity index (χ0n) is 12.5. The third-order valence-electron chi connectivity index (χ3n) is 3.20. The first kappa shape index (κ1) is 14.6. The van der Waals surface area contributed by atoms with Crippen molar-refractivity contribution in [3.8, 4) is 11.4 Å². The smallest absolute Gasteiger partial charge is 0.324 e. The van der Waals surface area contributed by atoms with Gasteiger partial charge in [0.25, 0.3) is 0 Å². The predicted molar refractivity (Wildman–Crippen MR) is 89.0 cm³/mol. The van der Waals surface area contributed by atoms with Crippen LogP contribution in [0.2, 0.25) is 0 Å². The van der Waals surface area contributed by atoms with Gasteiger partial charge in [-0.15, -0.1) is 0 Å². The molecule has 0 saturated carbocycles. The summed E-state index contributed by atoms with van der Waals surface area (Å²) in [4.78, 5) is 12.1. The highest BCUT2D eigenvalue weighted by Gasteiger charge is 2.10. The van der Waals surface area contributed by atoms with Crippen molar-refractivity contribution in [2.24, 2.45) is 0 Å². The summed E-state index contributed by atoms with van der Waals surface area (Å²) in [5.41, 5.74) is 2.25. The number of rotatable bonds is 3. The van der Waals surface area contributed by atoms with E-state index >= 15 is 0 Å². The lowest BCUT2D eigenvalue weighted by Gasteiger charge is -2.10. The normalized spacial score (nSPS) is 10.3. The lowest BCUT2D eigenvalue weighted by Crippen LogP contribution is -2.21. The van der Waals surface area contributed by atoms with E-state index in [0.29, 0.717) is 11.5 Å². The number of aromatic nitrogens is 2. The Morgan fingerprint density at radius 3 is 2.43 bits per heavy atom. The van der Waals surface area contributed by atoms with Crippen LogP contribution in [0.4, 0.5) is 16.3 Å². The molecule has 2 amide bonds. The highest BCUT2D eigenvalue weighted by molar-refractivity contribution is 5.99. The number of hydrogen-bond donors (Lipinski definition) is 3. The molecule has 0 fully saturated rings. The fourth-order valence-corrected chi connectivity index (χ4v) is 2.18. The highest BCUT2D eigenvalue weighted by Crippen LogP contribution is 2.18. The molecule has 0 unspecified atom stereocenters. The minimum absolute atomic E-state index is 0.147. The number of phenols is 1. The first-order chi connectivity index (χ1) is 11.1. The average Bonchev–Trinajstić information content (AvgIpc) is 2.91. The van der Waals surface area contributed by atoms with E-state index < -0.39 is 0 Å². The van der Waals surface area contributed by atoms with Crippen molar-refractivity contribution in [1.29, 1.82) is 0 Å². The van der Waals surface area contributed by atoms with Crippen LogP contribution in [0.25, 0.3) is 5.69 Å². The number of phenolic OH excluding ortho intramolecular Hbond substituents is 1. The zero-order chi connectivity index (χ0) is 16.2. The molecule has 0 bridgehead atoms. The van der Waals surface area contributed by atoms with Crippen LogP contribution < -0.4 is 10.6 Å².